The Labute approximate surface area is 180 Å². The number of nitrogens with one attached hydrogen (secondary N) is 1. The molecule has 30 heavy (non-hydrogen) atoms. The number of benzene rings is 1. The smallest absolute Gasteiger partial charge is 0.253 e. The van der Waals surface area contributed by atoms with Gasteiger partial charge in [-0.1, -0.05) is 12.1 Å². The van der Waals surface area contributed by atoms with E-state index in [1.807, 2.05) is 4.90 Å². The molecule has 3 rings (SSSR count). The van der Waals surface area contributed by atoms with E-state index in [0.29, 0.717) is 24.6 Å². The van der Waals surface area contributed by atoms with Crippen LogP contribution in [0.5, 0.6) is 0 Å². The van der Waals surface area contributed by atoms with Crippen LogP contribution in [0.4, 0.5) is 0 Å². The third kappa shape index (κ3) is 5.91. The molecule has 7 nitrogen and oxygen atoms in total. The number of carbonyl (C=O) groups is 1. The van der Waals surface area contributed by atoms with Crippen molar-refractivity contribution in [3.8, 4) is 0 Å². The Morgan fingerprint density at radius 3 is 2.53 bits per heavy atom. The minimum Gasteiger partial charge on any atom is -0.373 e. The van der Waals surface area contributed by atoms with Gasteiger partial charge >= 0.3 is 0 Å². The quantitative estimate of drug-likeness (QED) is 0.664. The Kier molecular flexibility index (Phi) is 7.68. The van der Waals surface area contributed by atoms with Crippen molar-refractivity contribution in [2.45, 2.75) is 43.8 Å². The molecule has 2 unspecified atom stereocenters. The lowest BCUT2D eigenvalue weighted by Gasteiger charge is -2.39. The van der Waals surface area contributed by atoms with Crippen molar-refractivity contribution in [2.75, 3.05) is 39.3 Å². The molecule has 2 aliphatic rings. The number of carbonyl (C=O) groups excluding carboxylic acids is 1. The molecule has 1 amide bonds. The first-order chi connectivity index (χ1) is 14.3. The molecular weight excluding hydrogens is 402 g/mol. The fourth-order valence-electron chi connectivity index (χ4n) is 4.35. The molecule has 0 aliphatic carbocycles. The van der Waals surface area contributed by atoms with Gasteiger partial charge in [-0.3, -0.25) is 9.69 Å². The summed E-state index contributed by atoms with van der Waals surface area (Å²) in [6, 6.07) is 6.25. The van der Waals surface area contributed by atoms with Crippen LogP contribution >= 0.6 is 0 Å². The summed E-state index contributed by atoms with van der Waals surface area (Å²) < 4.78 is 32.9. The van der Waals surface area contributed by atoms with E-state index in [-0.39, 0.29) is 29.6 Å². The van der Waals surface area contributed by atoms with Crippen LogP contribution in [0, 0.1) is 5.92 Å². The van der Waals surface area contributed by atoms with Gasteiger partial charge in [0.25, 0.3) is 5.91 Å². The molecule has 0 spiro atoms. The van der Waals surface area contributed by atoms with Crippen LogP contribution in [0.2, 0.25) is 0 Å². The summed E-state index contributed by atoms with van der Waals surface area (Å²) in [4.78, 5) is 17.4. The van der Waals surface area contributed by atoms with Gasteiger partial charge in [0.15, 0.2) is 0 Å². The Morgan fingerprint density at radius 2 is 1.90 bits per heavy atom. The maximum atomic E-state index is 12.9. The van der Waals surface area contributed by atoms with Crippen molar-refractivity contribution in [2.24, 2.45) is 5.92 Å². The maximum Gasteiger partial charge on any atom is 0.253 e. The topological polar surface area (TPSA) is 79.0 Å². The monoisotopic (exact) mass is 435 g/mol. The van der Waals surface area contributed by atoms with Crippen molar-refractivity contribution in [3.63, 3.8) is 0 Å². The highest BCUT2D eigenvalue weighted by Crippen LogP contribution is 2.23. The summed E-state index contributed by atoms with van der Waals surface area (Å²) in [6.07, 6.45) is 3.93. The van der Waals surface area contributed by atoms with E-state index in [9.17, 15) is 13.2 Å². The molecule has 2 saturated heterocycles. The van der Waals surface area contributed by atoms with Crippen LogP contribution < -0.4 is 4.72 Å². The SMILES string of the molecule is C=CCNS(=O)(=O)c1cccc(C(=O)N2CCC(CN3CC(C)OC(C)C3)CC2)c1. The standard InChI is InChI=1S/C22H33N3O4S/c1-4-10-23-30(27,28)21-7-5-6-20(13-21)22(26)25-11-8-19(9-12-25)16-24-14-17(2)29-18(3)15-24/h4-7,13,17-19,23H,1,8-12,14-16H2,2-3H3. The highest BCUT2D eigenvalue weighted by Gasteiger charge is 2.28. The highest BCUT2D eigenvalue weighted by molar-refractivity contribution is 7.89. The number of nitrogens with zero attached hydrogens (tertiary/aromatic N) is 2. The van der Waals surface area contributed by atoms with Crippen molar-refractivity contribution >= 4 is 15.9 Å². The van der Waals surface area contributed by atoms with E-state index in [1.54, 1.807) is 12.1 Å². The summed E-state index contributed by atoms with van der Waals surface area (Å²) in [5, 5.41) is 0. The van der Waals surface area contributed by atoms with Crippen molar-refractivity contribution in [3.05, 3.63) is 42.5 Å². The second-order valence-corrected chi connectivity index (χ2v) is 10.1. The summed E-state index contributed by atoms with van der Waals surface area (Å²) in [5.41, 5.74) is 0.408. The molecule has 1 N–H and O–H groups in total. The van der Waals surface area contributed by atoms with Gasteiger partial charge in [0.05, 0.1) is 17.1 Å². The van der Waals surface area contributed by atoms with Crippen LogP contribution in [0.1, 0.15) is 37.0 Å². The second kappa shape index (κ2) is 10.0. The number of hydrogen-bond acceptors (Lipinski definition) is 5. The molecule has 8 heteroatoms. The largest absolute Gasteiger partial charge is 0.373 e. The van der Waals surface area contributed by atoms with Crippen LogP contribution in [0.15, 0.2) is 41.8 Å². The average Bonchev–Trinajstić information content (AvgIpc) is 2.72. The average molecular weight is 436 g/mol. The zero-order valence-electron chi connectivity index (χ0n) is 17.9. The molecule has 0 bridgehead atoms. The van der Waals surface area contributed by atoms with Crippen LogP contribution in [-0.4, -0.2) is 75.6 Å². The maximum absolute atomic E-state index is 12.9. The zero-order chi connectivity index (χ0) is 21.7. The van der Waals surface area contributed by atoms with Gasteiger partial charge < -0.3 is 9.64 Å². The van der Waals surface area contributed by atoms with Crippen LogP contribution in [0.25, 0.3) is 0 Å². The molecule has 2 aliphatic heterocycles. The van der Waals surface area contributed by atoms with E-state index < -0.39 is 10.0 Å². The van der Waals surface area contributed by atoms with Gasteiger partial charge in [-0.15, -0.1) is 6.58 Å². The number of hydrogen-bond donors (Lipinski definition) is 1. The lowest BCUT2D eigenvalue weighted by Crippen LogP contribution is -2.48. The molecule has 2 heterocycles. The van der Waals surface area contributed by atoms with Crippen LogP contribution in [0.3, 0.4) is 0 Å². The van der Waals surface area contributed by atoms with Crippen molar-refractivity contribution < 1.29 is 17.9 Å². The number of likely N-dealkylation sites (tertiary alicyclic amines) is 1. The predicted molar refractivity (Wildman–Crippen MR) is 117 cm³/mol. The highest BCUT2D eigenvalue weighted by atomic mass is 32.2. The Balaban J connectivity index is 1.56. The van der Waals surface area contributed by atoms with E-state index >= 15 is 0 Å². The van der Waals surface area contributed by atoms with Gasteiger partial charge in [-0.25, -0.2) is 13.1 Å². The summed E-state index contributed by atoms with van der Waals surface area (Å²) >= 11 is 0. The van der Waals surface area contributed by atoms with Gasteiger partial charge in [0.1, 0.15) is 0 Å². The summed E-state index contributed by atoms with van der Waals surface area (Å²) in [7, 11) is -3.65. The zero-order valence-corrected chi connectivity index (χ0v) is 18.7. The number of ether oxygens (including phenoxy) is 1. The van der Waals surface area contributed by atoms with E-state index in [0.717, 1.165) is 32.5 Å². The predicted octanol–water partition coefficient (Wildman–Crippen LogP) is 2.11. The molecule has 0 aromatic heterocycles. The van der Waals surface area contributed by atoms with Gasteiger partial charge in [-0.05, 0) is 50.8 Å². The van der Waals surface area contributed by atoms with Gasteiger partial charge in [0.2, 0.25) is 10.0 Å². The third-order valence-electron chi connectivity index (χ3n) is 5.72. The fraction of sp³-hybridized carbons (Fsp3) is 0.591. The Bertz CT molecular complexity index is 840. The molecule has 0 radical (unpaired) electrons. The molecule has 2 atom stereocenters. The molecular formula is C22H33N3O4S. The minimum absolute atomic E-state index is 0.0978. The lowest BCUT2D eigenvalue weighted by molar-refractivity contribution is -0.0728. The Morgan fingerprint density at radius 1 is 1.23 bits per heavy atom. The van der Waals surface area contributed by atoms with Crippen LogP contribution in [-0.2, 0) is 14.8 Å². The molecule has 0 saturated carbocycles. The number of morpholine rings is 1. The number of amides is 1. The first-order valence-electron chi connectivity index (χ1n) is 10.7. The van der Waals surface area contributed by atoms with E-state index in [1.165, 1.54) is 18.2 Å². The normalized spacial score (nSPS) is 24.0. The third-order valence-corrected chi connectivity index (χ3v) is 7.14. The molecule has 2 fully saturated rings. The summed E-state index contributed by atoms with van der Waals surface area (Å²) in [5.74, 6) is 0.462. The first kappa shape index (κ1) is 22.9. The minimum atomic E-state index is -3.65. The number of piperidine rings is 1. The molecule has 1 aromatic carbocycles. The molecule has 1 aromatic rings. The number of rotatable bonds is 7. The van der Waals surface area contributed by atoms with Crippen molar-refractivity contribution in [1.82, 2.24) is 14.5 Å². The lowest BCUT2D eigenvalue weighted by atomic mass is 9.95. The van der Waals surface area contributed by atoms with E-state index in [2.05, 4.69) is 30.0 Å². The second-order valence-electron chi connectivity index (χ2n) is 8.38. The van der Waals surface area contributed by atoms with E-state index in [4.69, 9.17) is 4.74 Å². The number of sulfonamides is 1. The van der Waals surface area contributed by atoms with Gasteiger partial charge in [0, 0.05) is 44.8 Å². The molecule has 166 valence electrons. The van der Waals surface area contributed by atoms with Crippen molar-refractivity contribution in [1.29, 1.82) is 0 Å². The fourth-order valence-corrected chi connectivity index (χ4v) is 5.39. The summed E-state index contributed by atoms with van der Waals surface area (Å²) in [6.45, 7) is 12.3. The first-order valence-corrected chi connectivity index (χ1v) is 12.1. The Hall–Kier alpha value is -1.74. The van der Waals surface area contributed by atoms with Gasteiger partial charge in [-0.2, -0.15) is 0 Å².